The average Bonchev–Trinajstić information content (AvgIpc) is 3.02. The maximum Gasteiger partial charge on any atom is 0.257 e. The summed E-state index contributed by atoms with van der Waals surface area (Å²) in [5.41, 5.74) is 1.94. The molecule has 144 valence electrons. The van der Waals surface area contributed by atoms with Crippen LogP contribution in [0.3, 0.4) is 0 Å². The van der Waals surface area contributed by atoms with Gasteiger partial charge in [0.05, 0.1) is 23.1 Å². The quantitative estimate of drug-likeness (QED) is 0.731. The maximum absolute atomic E-state index is 13.0. The molecule has 1 aromatic heterocycles. The molecule has 1 fully saturated rings. The van der Waals surface area contributed by atoms with E-state index < -0.39 is 5.41 Å². The summed E-state index contributed by atoms with van der Waals surface area (Å²) in [7, 11) is 0. The van der Waals surface area contributed by atoms with E-state index in [1.165, 1.54) is 0 Å². The van der Waals surface area contributed by atoms with Crippen molar-refractivity contribution in [2.45, 2.75) is 27.7 Å². The molecule has 1 aliphatic heterocycles. The van der Waals surface area contributed by atoms with Gasteiger partial charge in [-0.1, -0.05) is 36.7 Å². The summed E-state index contributed by atoms with van der Waals surface area (Å²) in [5, 5.41) is 4.40. The topological polar surface area (TPSA) is 58.4 Å². The number of piperazine rings is 1. The first-order chi connectivity index (χ1) is 12.7. The van der Waals surface area contributed by atoms with E-state index in [-0.39, 0.29) is 11.8 Å². The van der Waals surface area contributed by atoms with Gasteiger partial charge in [-0.3, -0.25) is 9.59 Å². The van der Waals surface area contributed by atoms with Gasteiger partial charge in [-0.05, 0) is 31.2 Å². The van der Waals surface area contributed by atoms with Crippen LogP contribution in [0.1, 0.15) is 36.8 Å². The van der Waals surface area contributed by atoms with Crippen LogP contribution in [0.5, 0.6) is 0 Å². The first kappa shape index (κ1) is 19.6. The number of carbonyl (C=O) groups excluding carboxylic acids is 2. The smallest absolute Gasteiger partial charge is 0.257 e. The summed E-state index contributed by atoms with van der Waals surface area (Å²) in [6, 6.07) is 7.80. The number of amides is 2. The maximum atomic E-state index is 13.0. The predicted octanol–water partition coefficient (Wildman–Crippen LogP) is 3.27. The molecule has 27 heavy (non-hydrogen) atoms. The predicted molar refractivity (Wildman–Crippen MR) is 108 cm³/mol. The molecule has 1 aromatic carbocycles. The molecule has 7 heteroatoms. The molecule has 0 saturated carbocycles. The molecule has 0 unspecified atom stereocenters. The lowest BCUT2D eigenvalue weighted by Crippen LogP contribution is -2.53. The fraction of sp³-hybridized carbons (Fsp3) is 0.450. The standard InChI is InChI=1S/C20H25BrN4O2/c1-14-17(13-22-25(14)16-7-5-15(21)6-8-16)18(26)23-9-11-24(12-10-23)19(27)20(2,3)4/h5-8,13H,9-12H2,1-4H3. The molecule has 0 spiro atoms. The van der Waals surface area contributed by atoms with Crippen LogP contribution in [-0.2, 0) is 4.79 Å². The number of hydrogen-bond donors (Lipinski definition) is 0. The molecule has 2 amide bonds. The van der Waals surface area contributed by atoms with Crippen molar-refractivity contribution in [2.75, 3.05) is 26.2 Å². The van der Waals surface area contributed by atoms with Gasteiger partial charge >= 0.3 is 0 Å². The zero-order chi connectivity index (χ0) is 19.8. The highest BCUT2D eigenvalue weighted by Crippen LogP contribution is 2.21. The summed E-state index contributed by atoms with van der Waals surface area (Å²) < 4.78 is 2.77. The number of aromatic nitrogens is 2. The molecule has 3 rings (SSSR count). The summed E-state index contributed by atoms with van der Waals surface area (Å²) in [5.74, 6) is 0.104. The number of nitrogens with zero attached hydrogens (tertiary/aromatic N) is 4. The van der Waals surface area contributed by atoms with Crippen molar-refractivity contribution in [2.24, 2.45) is 5.41 Å². The minimum atomic E-state index is -0.394. The molecule has 1 saturated heterocycles. The fourth-order valence-corrected chi connectivity index (χ4v) is 3.48. The Bertz CT molecular complexity index is 844. The van der Waals surface area contributed by atoms with E-state index in [9.17, 15) is 9.59 Å². The van der Waals surface area contributed by atoms with Crippen molar-refractivity contribution in [3.63, 3.8) is 0 Å². The highest BCUT2D eigenvalue weighted by molar-refractivity contribution is 9.10. The van der Waals surface area contributed by atoms with Gasteiger partial charge in [0.2, 0.25) is 5.91 Å². The number of rotatable bonds is 2. The molecule has 0 radical (unpaired) electrons. The molecule has 0 aliphatic carbocycles. The Morgan fingerprint density at radius 3 is 2.11 bits per heavy atom. The zero-order valence-electron chi connectivity index (χ0n) is 16.2. The third kappa shape index (κ3) is 4.08. The molecular formula is C20H25BrN4O2. The van der Waals surface area contributed by atoms with E-state index in [2.05, 4.69) is 21.0 Å². The number of hydrogen-bond acceptors (Lipinski definition) is 3. The van der Waals surface area contributed by atoms with Gasteiger partial charge in [-0.15, -0.1) is 0 Å². The van der Waals surface area contributed by atoms with Crippen LogP contribution in [0.15, 0.2) is 34.9 Å². The van der Waals surface area contributed by atoms with Crippen molar-refractivity contribution in [1.29, 1.82) is 0 Å². The van der Waals surface area contributed by atoms with Gasteiger partial charge in [0.1, 0.15) is 0 Å². The SMILES string of the molecule is Cc1c(C(=O)N2CCN(C(=O)C(C)(C)C)CC2)cnn1-c1ccc(Br)cc1. The summed E-state index contributed by atoms with van der Waals surface area (Å²) >= 11 is 3.43. The molecule has 0 N–H and O–H groups in total. The molecule has 6 nitrogen and oxygen atoms in total. The van der Waals surface area contributed by atoms with Gasteiger partial charge in [0.25, 0.3) is 5.91 Å². The highest BCUT2D eigenvalue weighted by Gasteiger charge is 2.31. The molecule has 2 heterocycles. The van der Waals surface area contributed by atoms with Crippen LogP contribution in [0.4, 0.5) is 0 Å². The molecule has 1 aliphatic rings. The van der Waals surface area contributed by atoms with Crippen LogP contribution in [0, 0.1) is 12.3 Å². The van der Waals surface area contributed by atoms with E-state index in [0.717, 1.165) is 15.9 Å². The van der Waals surface area contributed by atoms with E-state index in [1.807, 2.05) is 61.8 Å². The Kier molecular flexibility index (Phi) is 5.42. The summed E-state index contributed by atoms with van der Waals surface area (Å²) in [4.78, 5) is 29.0. The van der Waals surface area contributed by atoms with E-state index >= 15 is 0 Å². The van der Waals surface area contributed by atoms with Crippen molar-refractivity contribution in [1.82, 2.24) is 19.6 Å². The third-order valence-electron chi connectivity index (χ3n) is 4.81. The lowest BCUT2D eigenvalue weighted by molar-refractivity contribution is -0.140. The Labute approximate surface area is 168 Å². The van der Waals surface area contributed by atoms with Crippen molar-refractivity contribution >= 4 is 27.7 Å². The first-order valence-electron chi connectivity index (χ1n) is 9.07. The molecule has 0 atom stereocenters. The normalized spacial score (nSPS) is 15.1. The van der Waals surface area contributed by atoms with Gasteiger partial charge in [-0.25, -0.2) is 4.68 Å². The van der Waals surface area contributed by atoms with Crippen molar-refractivity contribution < 1.29 is 9.59 Å². The molecular weight excluding hydrogens is 408 g/mol. The van der Waals surface area contributed by atoms with Gasteiger partial charge in [0.15, 0.2) is 0 Å². The van der Waals surface area contributed by atoms with E-state index in [0.29, 0.717) is 31.7 Å². The average molecular weight is 433 g/mol. The van der Waals surface area contributed by atoms with Crippen LogP contribution in [-0.4, -0.2) is 57.6 Å². The fourth-order valence-electron chi connectivity index (χ4n) is 3.22. The Morgan fingerprint density at radius 2 is 1.56 bits per heavy atom. The Hall–Kier alpha value is -2.15. The second-order valence-electron chi connectivity index (χ2n) is 7.87. The van der Waals surface area contributed by atoms with Crippen LogP contribution < -0.4 is 0 Å². The van der Waals surface area contributed by atoms with Gasteiger partial charge in [0, 0.05) is 36.1 Å². The highest BCUT2D eigenvalue weighted by atomic mass is 79.9. The van der Waals surface area contributed by atoms with E-state index in [4.69, 9.17) is 0 Å². The van der Waals surface area contributed by atoms with Crippen molar-refractivity contribution in [3.05, 3.63) is 46.2 Å². The van der Waals surface area contributed by atoms with Crippen molar-refractivity contribution in [3.8, 4) is 5.69 Å². The van der Waals surface area contributed by atoms with Crippen LogP contribution >= 0.6 is 15.9 Å². The minimum absolute atomic E-state index is 0.0290. The van der Waals surface area contributed by atoms with Gasteiger partial charge in [-0.2, -0.15) is 5.10 Å². The Balaban J connectivity index is 1.71. The summed E-state index contributed by atoms with van der Waals surface area (Å²) in [6.07, 6.45) is 1.63. The monoisotopic (exact) mass is 432 g/mol. The number of benzene rings is 1. The van der Waals surface area contributed by atoms with Crippen LogP contribution in [0.25, 0.3) is 5.69 Å². The second kappa shape index (κ2) is 7.46. The summed E-state index contributed by atoms with van der Waals surface area (Å²) in [6.45, 7) is 9.91. The molecule has 0 bridgehead atoms. The lowest BCUT2D eigenvalue weighted by atomic mass is 9.94. The number of halogens is 1. The number of carbonyl (C=O) groups is 2. The largest absolute Gasteiger partial charge is 0.339 e. The Morgan fingerprint density at radius 1 is 1.00 bits per heavy atom. The second-order valence-corrected chi connectivity index (χ2v) is 8.78. The third-order valence-corrected chi connectivity index (χ3v) is 5.34. The van der Waals surface area contributed by atoms with E-state index in [1.54, 1.807) is 10.9 Å². The molecule has 2 aromatic rings. The first-order valence-corrected chi connectivity index (χ1v) is 9.87. The lowest BCUT2D eigenvalue weighted by Gasteiger charge is -2.37. The van der Waals surface area contributed by atoms with Crippen LogP contribution in [0.2, 0.25) is 0 Å². The van der Waals surface area contributed by atoms with Gasteiger partial charge < -0.3 is 9.80 Å². The zero-order valence-corrected chi connectivity index (χ0v) is 17.8. The minimum Gasteiger partial charge on any atom is -0.339 e.